The quantitative estimate of drug-likeness (QED) is 0.189. The van der Waals surface area contributed by atoms with E-state index in [1.54, 1.807) is 20.3 Å². The minimum absolute atomic E-state index is 0.0985. The number of aliphatic hydroxyl groups excluding tert-OH is 1. The summed E-state index contributed by atoms with van der Waals surface area (Å²) in [4.78, 5) is 17.2. The van der Waals surface area contributed by atoms with Gasteiger partial charge in [-0.15, -0.1) is 0 Å². The lowest BCUT2D eigenvalue weighted by Gasteiger charge is -2.37. The zero-order chi connectivity index (χ0) is 34.9. The van der Waals surface area contributed by atoms with Crippen LogP contribution in [-0.4, -0.2) is 68.8 Å². The average molecular weight is 680 g/mol. The summed E-state index contributed by atoms with van der Waals surface area (Å²) >= 11 is 0. The molecule has 262 valence electrons. The van der Waals surface area contributed by atoms with Gasteiger partial charge in [-0.05, 0) is 110 Å². The van der Waals surface area contributed by atoms with Crippen LogP contribution in [0.5, 0.6) is 40.2 Å². The van der Waals surface area contributed by atoms with Gasteiger partial charge in [-0.1, -0.05) is 18.2 Å². The zero-order valence-electron chi connectivity index (χ0n) is 29.2. The highest BCUT2D eigenvalue weighted by molar-refractivity contribution is 5.73. The van der Waals surface area contributed by atoms with Crippen molar-refractivity contribution >= 4 is 5.97 Å². The maximum atomic E-state index is 12.5. The fraction of sp³-hybridized carbons (Fsp3) is 0.375. The van der Waals surface area contributed by atoms with Crippen molar-refractivity contribution < 1.29 is 33.6 Å². The lowest BCUT2D eigenvalue weighted by atomic mass is 9.86. The number of hydrogen-bond donors (Lipinski definition) is 2. The maximum absolute atomic E-state index is 12.5. The molecule has 4 heterocycles. The molecule has 50 heavy (non-hydrogen) atoms. The highest BCUT2D eigenvalue weighted by Crippen LogP contribution is 2.50. The number of hydrogen-bond acceptors (Lipinski definition) is 10. The molecule has 2 atom stereocenters. The number of fused-ring (bicyclic) bond motifs is 2. The Morgan fingerprint density at radius 2 is 1.54 bits per heavy atom. The largest absolute Gasteiger partial charge is 0.493 e. The standard InChI is InChI=1S/C40H45N3O7/c1-42-15-12-26-21-34(46-3)36-22-30(26)31(42)17-24-5-8-29(9-6-24)48-35-19-25(7-10-33(35)49-37(45)11-14-41)18-32-38-27(13-16-43(32)2)20-28(23-44)39(47-4)40(38)50-36/h5-10,19-22,31-32,44H,11-18,23,41H2,1-4H3/t31-,32+/m0/s1. The Balaban J connectivity index is 1.44. The summed E-state index contributed by atoms with van der Waals surface area (Å²) in [5, 5.41) is 10.5. The second kappa shape index (κ2) is 14.3. The van der Waals surface area contributed by atoms with Gasteiger partial charge in [0.25, 0.3) is 0 Å². The fourth-order valence-corrected chi connectivity index (χ4v) is 7.56. The van der Waals surface area contributed by atoms with E-state index in [1.165, 1.54) is 11.1 Å². The second-order valence-corrected chi connectivity index (χ2v) is 13.4. The molecule has 4 aromatic rings. The third kappa shape index (κ3) is 6.52. The summed E-state index contributed by atoms with van der Waals surface area (Å²) in [6.07, 6.45) is 3.15. The fourth-order valence-electron chi connectivity index (χ4n) is 7.56. The number of benzene rings is 4. The SMILES string of the molecule is COc1cc2c3cc1Oc1c(OC)c(CO)cc4c1[C@@H](Cc1ccc(OC(=O)CCN)c(c1)Oc1ccc(cc1)C[C@@H]3N(C)CC2)N(C)CC4. The van der Waals surface area contributed by atoms with Crippen LogP contribution in [0.4, 0.5) is 0 Å². The molecule has 0 fully saturated rings. The number of ether oxygens (including phenoxy) is 5. The smallest absolute Gasteiger partial charge is 0.312 e. The van der Waals surface area contributed by atoms with E-state index in [-0.39, 0.29) is 31.7 Å². The van der Waals surface area contributed by atoms with Crippen LogP contribution in [0.2, 0.25) is 0 Å². The van der Waals surface area contributed by atoms with Crippen molar-refractivity contribution in [2.75, 3.05) is 47.9 Å². The van der Waals surface area contributed by atoms with Gasteiger partial charge in [0.15, 0.2) is 34.5 Å². The molecule has 10 nitrogen and oxygen atoms in total. The number of likely N-dealkylation sites (N-methyl/N-ethyl adjacent to an activating group) is 2. The van der Waals surface area contributed by atoms with Crippen LogP contribution >= 0.6 is 0 Å². The van der Waals surface area contributed by atoms with Gasteiger partial charge in [-0.25, -0.2) is 0 Å². The normalized spacial score (nSPS) is 18.6. The molecule has 0 aliphatic carbocycles. The first-order valence-electron chi connectivity index (χ1n) is 17.2. The maximum Gasteiger partial charge on any atom is 0.312 e. The van der Waals surface area contributed by atoms with Crippen molar-refractivity contribution in [2.45, 2.75) is 50.8 Å². The Morgan fingerprint density at radius 3 is 2.26 bits per heavy atom. The molecule has 0 spiro atoms. The lowest BCUT2D eigenvalue weighted by Crippen LogP contribution is -2.34. The molecule has 10 heteroatoms. The Labute approximate surface area is 293 Å². The molecular weight excluding hydrogens is 634 g/mol. The zero-order valence-corrected chi connectivity index (χ0v) is 29.2. The average Bonchev–Trinajstić information content (AvgIpc) is 3.11. The Kier molecular flexibility index (Phi) is 9.70. The van der Waals surface area contributed by atoms with Gasteiger partial charge in [-0.2, -0.15) is 0 Å². The van der Waals surface area contributed by atoms with E-state index in [2.05, 4.69) is 48.2 Å². The molecule has 4 aliphatic rings. The van der Waals surface area contributed by atoms with Crippen molar-refractivity contribution in [1.82, 2.24) is 9.80 Å². The van der Waals surface area contributed by atoms with E-state index in [0.29, 0.717) is 52.2 Å². The highest BCUT2D eigenvalue weighted by Gasteiger charge is 2.34. The molecule has 0 saturated carbocycles. The van der Waals surface area contributed by atoms with Crippen molar-refractivity contribution in [3.8, 4) is 40.2 Å². The number of aliphatic hydroxyl groups is 1. The minimum atomic E-state index is -0.418. The van der Waals surface area contributed by atoms with Crippen molar-refractivity contribution in [1.29, 1.82) is 0 Å². The summed E-state index contributed by atoms with van der Waals surface area (Å²) in [6.45, 7) is 1.74. The summed E-state index contributed by atoms with van der Waals surface area (Å²) in [6, 6.07) is 20.1. The predicted molar refractivity (Wildman–Crippen MR) is 190 cm³/mol. The van der Waals surface area contributed by atoms with Crippen LogP contribution in [-0.2, 0) is 37.1 Å². The first-order chi connectivity index (χ1) is 24.3. The number of esters is 1. The van der Waals surface area contributed by atoms with Crippen LogP contribution in [0, 0.1) is 0 Å². The predicted octanol–water partition coefficient (Wildman–Crippen LogP) is 5.89. The van der Waals surface area contributed by atoms with E-state index in [1.807, 2.05) is 30.3 Å². The number of nitrogens with two attached hydrogens (primary N) is 1. The van der Waals surface area contributed by atoms with Crippen LogP contribution < -0.4 is 29.4 Å². The van der Waals surface area contributed by atoms with Gasteiger partial charge in [0.2, 0.25) is 0 Å². The second-order valence-electron chi connectivity index (χ2n) is 13.4. The van der Waals surface area contributed by atoms with E-state index in [0.717, 1.165) is 54.6 Å². The topological polar surface area (TPSA) is 116 Å². The Hall–Kier alpha value is -4.61. The summed E-state index contributed by atoms with van der Waals surface area (Å²) in [5.41, 5.74) is 13.0. The molecule has 0 saturated heterocycles. The molecular formula is C40H45N3O7. The lowest BCUT2D eigenvalue weighted by molar-refractivity contribution is -0.134. The van der Waals surface area contributed by atoms with Gasteiger partial charge in [0.05, 0.1) is 27.2 Å². The molecule has 4 aromatic carbocycles. The third-order valence-corrected chi connectivity index (χ3v) is 10.3. The molecule has 3 N–H and O–H groups in total. The van der Waals surface area contributed by atoms with Crippen LogP contribution in [0.15, 0.2) is 60.7 Å². The van der Waals surface area contributed by atoms with Crippen molar-refractivity contribution in [2.24, 2.45) is 5.73 Å². The molecule has 0 amide bonds. The minimum Gasteiger partial charge on any atom is -0.493 e. The molecule has 0 unspecified atom stereocenters. The monoisotopic (exact) mass is 679 g/mol. The third-order valence-electron chi connectivity index (χ3n) is 10.3. The first kappa shape index (κ1) is 33.9. The number of carbonyl (C=O) groups is 1. The van der Waals surface area contributed by atoms with Crippen LogP contribution in [0.25, 0.3) is 0 Å². The molecule has 8 rings (SSSR count). The van der Waals surface area contributed by atoms with Gasteiger partial charge in [0.1, 0.15) is 5.75 Å². The van der Waals surface area contributed by atoms with E-state index < -0.39 is 5.97 Å². The van der Waals surface area contributed by atoms with E-state index in [9.17, 15) is 9.90 Å². The summed E-state index contributed by atoms with van der Waals surface area (Å²) in [7, 11) is 7.55. The number of nitrogens with zero attached hydrogens (tertiary/aromatic N) is 2. The van der Waals surface area contributed by atoms with Gasteiger partial charge < -0.3 is 34.5 Å². The Bertz CT molecular complexity index is 1890. The van der Waals surface area contributed by atoms with Crippen LogP contribution in [0.3, 0.4) is 0 Å². The van der Waals surface area contributed by atoms with Crippen molar-refractivity contribution in [3.63, 3.8) is 0 Å². The molecule has 0 radical (unpaired) electrons. The molecule has 6 bridgehead atoms. The van der Waals surface area contributed by atoms with Gasteiger partial charge >= 0.3 is 5.97 Å². The van der Waals surface area contributed by atoms with Crippen LogP contribution in [0.1, 0.15) is 57.4 Å². The van der Waals surface area contributed by atoms with Crippen molar-refractivity contribution in [3.05, 3.63) is 99.6 Å². The number of methoxy groups -OCH3 is 2. The van der Waals surface area contributed by atoms with E-state index in [4.69, 9.17) is 29.4 Å². The molecule has 0 aromatic heterocycles. The Morgan fingerprint density at radius 1 is 0.840 bits per heavy atom. The van der Waals surface area contributed by atoms with E-state index >= 15 is 0 Å². The number of rotatable bonds is 6. The molecule has 4 aliphatic heterocycles. The van der Waals surface area contributed by atoms with Gasteiger partial charge in [-0.3, -0.25) is 14.6 Å². The summed E-state index contributed by atoms with van der Waals surface area (Å²) in [5.74, 6) is 3.33. The van der Waals surface area contributed by atoms with Gasteiger partial charge in [0, 0.05) is 42.8 Å². The first-order valence-corrected chi connectivity index (χ1v) is 17.2. The highest BCUT2D eigenvalue weighted by atomic mass is 16.6. The number of carbonyl (C=O) groups excluding carboxylic acids is 1. The summed E-state index contributed by atoms with van der Waals surface area (Å²) < 4.78 is 31.1.